The van der Waals surface area contributed by atoms with Crippen molar-refractivity contribution in [3.63, 3.8) is 0 Å². The Morgan fingerprint density at radius 2 is 2.05 bits per heavy atom. The first-order valence-electron chi connectivity index (χ1n) is 7.17. The van der Waals surface area contributed by atoms with Crippen LogP contribution in [0, 0.1) is 0 Å². The molecular weight excluding hydrogens is 252 g/mol. The maximum absolute atomic E-state index is 12.1. The number of carbonyl (C=O) groups excluding carboxylic acids is 1. The fraction of sp³-hybridized carbons (Fsp3) is 0.438. The molecule has 1 N–H and O–H groups in total. The molecule has 0 saturated carbocycles. The van der Waals surface area contributed by atoms with Crippen LogP contribution in [0.2, 0.25) is 0 Å². The first-order chi connectivity index (χ1) is 9.69. The molecule has 1 saturated heterocycles. The average molecular weight is 274 g/mol. The van der Waals surface area contributed by atoms with E-state index in [4.69, 9.17) is 0 Å². The van der Waals surface area contributed by atoms with E-state index >= 15 is 0 Å². The van der Waals surface area contributed by atoms with Gasteiger partial charge in [-0.25, -0.2) is 0 Å². The lowest BCUT2D eigenvalue weighted by Gasteiger charge is -2.34. The lowest BCUT2D eigenvalue weighted by atomic mass is 10.2. The van der Waals surface area contributed by atoms with Crippen LogP contribution in [0.15, 0.2) is 30.3 Å². The molecule has 2 rings (SSSR count). The summed E-state index contributed by atoms with van der Waals surface area (Å²) in [6, 6.07) is 6.89. The Balaban J connectivity index is 1.86. The number of amides is 1. The minimum atomic E-state index is 0.0458. The third-order valence-corrected chi connectivity index (χ3v) is 3.51. The van der Waals surface area contributed by atoms with Gasteiger partial charge >= 0.3 is 0 Å². The maximum atomic E-state index is 12.1. The van der Waals surface area contributed by atoms with Crippen LogP contribution < -0.4 is 0 Å². The number of benzene rings is 1. The summed E-state index contributed by atoms with van der Waals surface area (Å²) in [6.07, 6.45) is 4.50. The van der Waals surface area contributed by atoms with Gasteiger partial charge in [-0.1, -0.05) is 19.1 Å². The van der Waals surface area contributed by atoms with Crippen molar-refractivity contribution in [2.45, 2.75) is 13.3 Å². The smallest absolute Gasteiger partial charge is 0.246 e. The lowest BCUT2D eigenvalue weighted by Crippen LogP contribution is -2.48. The van der Waals surface area contributed by atoms with Crippen LogP contribution in [0.5, 0.6) is 5.75 Å². The third-order valence-electron chi connectivity index (χ3n) is 3.51. The second kappa shape index (κ2) is 7.10. The van der Waals surface area contributed by atoms with Crippen molar-refractivity contribution >= 4 is 12.0 Å². The molecule has 0 radical (unpaired) electrons. The van der Waals surface area contributed by atoms with Gasteiger partial charge in [0.15, 0.2) is 0 Å². The number of aromatic hydroxyl groups is 1. The second-order valence-corrected chi connectivity index (χ2v) is 5.10. The molecule has 1 heterocycles. The van der Waals surface area contributed by atoms with E-state index in [-0.39, 0.29) is 11.7 Å². The van der Waals surface area contributed by atoms with Gasteiger partial charge < -0.3 is 10.0 Å². The Morgan fingerprint density at radius 1 is 1.30 bits per heavy atom. The number of piperazine rings is 1. The monoisotopic (exact) mass is 274 g/mol. The van der Waals surface area contributed by atoms with Gasteiger partial charge in [-0.15, -0.1) is 0 Å². The highest BCUT2D eigenvalue weighted by Gasteiger charge is 2.18. The standard InChI is InChI=1S/C16H22N2O2/c1-2-8-17-9-11-18(12-10-17)16(20)7-6-14-4-3-5-15(19)13-14/h3-7,13,19H,2,8-12H2,1H3/b7-6+. The van der Waals surface area contributed by atoms with E-state index in [9.17, 15) is 9.90 Å². The Kier molecular flexibility index (Phi) is 5.18. The summed E-state index contributed by atoms with van der Waals surface area (Å²) < 4.78 is 0. The molecule has 1 aromatic rings. The van der Waals surface area contributed by atoms with Gasteiger partial charge in [0.25, 0.3) is 0 Å². The molecule has 1 aliphatic rings. The number of nitrogens with zero attached hydrogens (tertiary/aromatic N) is 2. The minimum absolute atomic E-state index is 0.0458. The fourth-order valence-electron chi connectivity index (χ4n) is 2.41. The highest BCUT2D eigenvalue weighted by molar-refractivity contribution is 5.91. The van der Waals surface area contributed by atoms with Crippen LogP contribution in [-0.2, 0) is 4.79 Å². The van der Waals surface area contributed by atoms with Crippen molar-refractivity contribution in [1.82, 2.24) is 9.80 Å². The number of hydrogen-bond donors (Lipinski definition) is 1. The highest BCUT2D eigenvalue weighted by Crippen LogP contribution is 2.12. The van der Waals surface area contributed by atoms with E-state index in [2.05, 4.69) is 11.8 Å². The highest BCUT2D eigenvalue weighted by atomic mass is 16.3. The van der Waals surface area contributed by atoms with E-state index < -0.39 is 0 Å². The molecule has 0 aliphatic carbocycles. The lowest BCUT2D eigenvalue weighted by molar-refractivity contribution is -0.127. The summed E-state index contributed by atoms with van der Waals surface area (Å²) in [5, 5.41) is 9.37. The number of hydrogen-bond acceptors (Lipinski definition) is 3. The summed E-state index contributed by atoms with van der Waals surface area (Å²) in [4.78, 5) is 16.4. The largest absolute Gasteiger partial charge is 0.508 e. The Morgan fingerprint density at radius 3 is 2.70 bits per heavy atom. The van der Waals surface area contributed by atoms with Gasteiger partial charge in [0.1, 0.15) is 5.75 Å². The molecule has 0 spiro atoms. The molecule has 0 atom stereocenters. The molecule has 0 unspecified atom stereocenters. The minimum Gasteiger partial charge on any atom is -0.508 e. The van der Waals surface area contributed by atoms with Crippen LogP contribution in [0.25, 0.3) is 6.08 Å². The molecule has 0 bridgehead atoms. The molecule has 1 aromatic carbocycles. The van der Waals surface area contributed by atoms with Crippen LogP contribution in [-0.4, -0.2) is 53.5 Å². The summed E-state index contributed by atoms with van der Waals surface area (Å²) in [5.41, 5.74) is 0.836. The number of phenolic OH excluding ortho intramolecular Hbond substituents is 1. The van der Waals surface area contributed by atoms with Gasteiger partial charge in [-0.2, -0.15) is 0 Å². The molecule has 1 amide bonds. The predicted molar refractivity (Wildman–Crippen MR) is 80.5 cm³/mol. The average Bonchev–Trinajstić information content (AvgIpc) is 2.46. The van der Waals surface area contributed by atoms with Gasteiger partial charge in [-0.3, -0.25) is 9.69 Å². The van der Waals surface area contributed by atoms with Gasteiger partial charge in [0, 0.05) is 32.3 Å². The van der Waals surface area contributed by atoms with E-state index in [1.807, 2.05) is 11.0 Å². The quantitative estimate of drug-likeness (QED) is 0.854. The molecule has 4 heteroatoms. The van der Waals surface area contributed by atoms with Crippen LogP contribution in [0.1, 0.15) is 18.9 Å². The van der Waals surface area contributed by atoms with Crippen LogP contribution >= 0.6 is 0 Å². The first-order valence-corrected chi connectivity index (χ1v) is 7.17. The van der Waals surface area contributed by atoms with Crippen molar-refractivity contribution < 1.29 is 9.90 Å². The van der Waals surface area contributed by atoms with Crippen molar-refractivity contribution in [3.05, 3.63) is 35.9 Å². The Labute approximate surface area is 120 Å². The van der Waals surface area contributed by atoms with Crippen molar-refractivity contribution in [2.75, 3.05) is 32.7 Å². The Hall–Kier alpha value is -1.81. The molecular formula is C16H22N2O2. The third kappa shape index (κ3) is 4.10. The predicted octanol–water partition coefficient (Wildman–Crippen LogP) is 1.96. The molecule has 1 aliphatic heterocycles. The van der Waals surface area contributed by atoms with E-state index in [0.717, 1.165) is 44.7 Å². The summed E-state index contributed by atoms with van der Waals surface area (Å²) in [5.74, 6) is 0.261. The fourth-order valence-corrected chi connectivity index (χ4v) is 2.41. The maximum Gasteiger partial charge on any atom is 0.246 e. The van der Waals surface area contributed by atoms with Gasteiger partial charge in [0.05, 0.1) is 0 Å². The molecule has 108 valence electrons. The topological polar surface area (TPSA) is 43.8 Å². The second-order valence-electron chi connectivity index (χ2n) is 5.10. The zero-order valence-corrected chi connectivity index (χ0v) is 12.0. The van der Waals surface area contributed by atoms with Crippen molar-refractivity contribution in [2.24, 2.45) is 0 Å². The normalized spacial score (nSPS) is 16.8. The van der Waals surface area contributed by atoms with Crippen molar-refractivity contribution in [3.8, 4) is 5.75 Å². The van der Waals surface area contributed by atoms with E-state index in [1.54, 1.807) is 30.4 Å². The summed E-state index contributed by atoms with van der Waals surface area (Å²) in [6.45, 7) is 6.79. The number of phenols is 1. The molecule has 20 heavy (non-hydrogen) atoms. The first kappa shape index (κ1) is 14.6. The number of rotatable bonds is 4. The van der Waals surface area contributed by atoms with Crippen molar-refractivity contribution in [1.29, 1.82) is 0 Å². The Bertz CT molecular complexity index is 477. The SMILES string of the molecule is CCCN1CCN(C(=O)/C=C/c2cccc(O)c2)CC1. The summed E-state index contributed by atoms with van der Waals surface area (Å²) >= 11 is 0. The summed E-state index contributed by atoms with van der Waals surface area (Å²) in [7, 11) is 0. The van der Waals surface area contributed by atoms with Crippen LogP contribution in [0.3, 0.4) is 0 Å². The molecule has 4 nitrogen and oxygen atoms in total. The van der Waals surface area contributed by atoms with Crippen LogP contribution in [0.4, 0.5) is 0 Å². The van der Waals surface area contributed by atoms with Gasteiger partial charge in [-0.05, 0) is 36.7 Å². The number of carbonyl (C=O) groups is 1. The van der Waals surface area contributed by atoms with E-state index in [1.165, 1.54) is 0 Å². The zero-order valence-electron chi connectivity index (χ0n) is 12.0. The van der Waals surface area contributed by atoms with Gasteiger partial charge in [0.2, 0.25) is 5.91 Å². The molecule has 1 fully saturated rings. The van der Waals surface area contributed by atoms with E-state index in [0.29, 0.717) is 0 Å². The zero-order chi connectivity index (χ0) is 14.4. The molecule has 0 aromatic heterocycles.